The number of nitrogens with zero attached hydrogens (tertiary/aromatic N) is 1. The van der Waals surface area contributed by atoms with Gasteiger partial charge >= 0.3 is 5.69 Å². The zero-order valence-electron chi connectivity index (χ0n) is 12.2. The Morgan fingerprint density at radius 2 is 2.05 bits per heavy atom. The van der Waals surface area contributed by atoms with Gasteiger partial charge in [0.1, 0.15) is 10.4 Å². The second kappa shape index (κ2) is 5.56. The highest BCUT2D eigenvalue weighted by Gasteiger charge is 2.33. The summed E-state index contributed by atoms with van der Waals surface area (Å²) in [6.07, 6.45) is 0. The first-order valence-electron chi connectivity index (χ1n) is 6.44. The van der Waals surface area contributed by atoms with Crippen molar-refractivity contribution in [1.82, 2.24) is 14.9 Å². The van der Waals surface area contributed by atoms with Gasteiger partial charge in [0.25, 0.3) is 5.56 Å². The Morgan fingerprint density at radius 1 is 1.43 bits per heavy atom. The van der Waals surface area contributed by atoms with Crippen LogP contribution in [0.4, 0.5) is 0 Å². The van der Waals surface area contributed by atoms with E-state index in [-0.39, 0.29) is 5.91 Å². The van der Waals surface area contributed by atoms with Crippen molar-refractivity contribution in [2.45, 2.75) is 33.2 Å². The van der Waals surface area contributed by atoms with Gasteiger partial charge in [-0.05, 0) is 55.8 Å². The molecule has 0 aliphatic carbocycles. The maximum absolute atomic E-state index is 12.7. The van der Waals surface area contributed by atoms with Gasteiger partial charge < -0.3 is 5.32 Å². The average molecular weight is 421 g/mol. The largest absolute Gasteiger partial charge is 0.354 e. The summed E-state index contributed by atoms with van der Waals surface area (Å²) < 4.78 is 1.94. The number of thiophene rings is 1. The fourth-order valence-electron chi connectivity index (χ4n) is 2.17. The molecule has 8 heteroatoms. The minimum atomic E-state index is -1.26. The fraction of sp³-hybridized carbons (Fsp3) is 0.462. The van der Waals surface area contributed by atoms with E-state index in [2.05, 4.69) is 32.9 Å². The van der Waals surface area contributed by atoms with Gasteiger partial charge in [-0.15, -0.1) is 11.3 Å². The average Bonchev–Trinajstić information content (AvgIpc) is 2.64. The summed E-state index contributed by atoms with van der Waals surface area (Å²) in [5.74, 6) is -0.362. The Balaban J connectivity index is 2.82. The second-order valence-corrected chi connectivity index (χ2v) is 8.03. The van der Waals surface area contributed by atoms with Crippen molar-refractivity contribution in [1.29, 1.82) is 0 Å². The number of aryl methyl sites for hydroxylation is 1. The molecule has 0 aliphatic rings. The number of hydrogen-bond donors (Lipinski definition) is 2. The number of likely N-dealkylation sites (N-methyl/N-ethyl adjacent to an activating group) is 1. The normalized spacial score (nSPS) is 11.9. The smallest absolute Gasteiger partial charge is 0.330 e. The fourth-order valence-corrected chi connectivity index (χ4v) is 4.02. The minimum absolute atomic E-state index is 0.362. The lowest BCUT2D eigenvalue weighted by molar-refractivity contribution is -0.128. The van der Waals surface area contributed by atoms with Crippen molar-refractivity contribution in [3.63, 3.8) is 0 Å². The molecular weight excluding hydrogens is 405 g/mol. The van der Waals surface area contributed by atoms with E-state index >= 15 is 0 Å². The van der Waals surface area contributed by atoms with Crippen LogP contribution in [0.5, 0.6) is 0 Å². The Bertz CT molecular complexity index is 832. The lowest BCUT2D eigenvalue weighted by Gasteiger charge is -2.25. The Kier molecular flexibility index (Phi) is 4.29. The van der Waals surface area contributed by atoms with Crippen molar-refractivity contribution in [3.8, 4) is 0 Å². The molecule has 0 spiro atoms. The van der Waals surface area contributed by atoms with Crippen molar-refractivity contribution in [3.05, 3.63) is 29.3 Å². The van der Waals surface area contributed by atoms with Crippen molar-refractivity contribution in [2.24, 2.45) is 0 Å². The molecule has 114 valence electrons. The van der Waals surface area contributed by atoms with E-state index in [1.54, 1.807) is 20.8 Å². The highest BCUT2D eigenvalue weighted by molar-refractivity contribution is 14.1. The molecule has 2 N–H and O–H groups in total. The Morgan fingerprint density at radius 3 is 2.62 bits per heavy atom. The highest BCUT2D eigenvalue weighted by atomic mass is 127. The number of aromatic nitrogens is 2. The Hall–Kier alpha value is -1.16. The number of H-pyrrole nitrogens is 1. The van der Waals surface area contributed by atoms with E-state index in [1.807, 2.05) is 6.92 Å². The van der Waals surface area contributed by atoms with Crippen LogP contribution in [0.25, 0.3) is 10.2 Å². The van der Waals surface area contributed by atoms with Gasteiger partial charge in [0.05, 0.1) is 8.27 Å². The van der Waals surface area contributed by atoms with E-state index in [1.165, 1.54) is 11.3 Å². The molecule has 0 aromatic carbocycles. The number of nitrogens with one attached hydrogen (secondary N) is 2. The lowest BCUT2D eigenvalue weighted by atomic mass is 10.0. The van der Waals surface area contributed by atoms with Crippen LogP contribution in [0.15, 0.2) is 9.59 Å². The van der Waals surface area contributed by atoms with Crippen LogP contribution in [-0.4, -0.2) is 22.0 Å². The van der Waals surface area contributed by atoms with Gasteiger partial charge in [-0.3, -0.25) is 14.6 Å². The predicted octanol–water partition coefficient (Wildman–Crippen LogP) is 1.54. The summed E-state index contributed by atoms with van der Waals surface area (Å²) in [6, 6.07) is 0. The van der Waals surface area contributed by atoms with E-state index in [4.69, 9.17) is 0 Å². The molecule has 0 unspecified atom stereocenters. The molecule has 0 atom stereocenters. The third kappa shape index (κ3) is 2.54. The highest BCUT2D eigenvalue weighted by Crippen LogP contribution is 2.27. The molecule has 2 heterocycles. The number of fused-ring (bicyclic) bond motifs is 1. The molecule has 0 bridgehead atoms. The van der Waals surface area contributed by atoms with E-state index in [0.29, 0.717) is 16.8 Å². The molecule has 0 fully saturated rings. The first-order valence-corrected chi connectivity index (χ1v) is 8.34. The van der Waals surface area contributed by atoms with Gasteiger partial charge in [-0.25, -0.2) is 9.36 Å². The first-order chi connectivity index (χ1) is 9.71. The number of rotatable bonds is 3. The molecule has 0 radical (unpaired) electrons. The number of hydrogen-bond acceptors (Lipinski definition) is 4. The second-order valence-electron chi connectivity index (χ2n) is 5.19. The molecule has 0 aliphatic heterocycles. The van der Waals surface area contributed by atoms with Gasteiger partial charge in [-0.1, -0.05) is 0 Å². The van der Waals surface area contributed by atoms with Crippen LogP contribution < -0.4 is 16.6 Å². The lowest BCUT2D eigenvalue weighted by Crippen LogP contribution is -2.54. The summed E-state index contributed by atoms with van der Waals surface area (Å²) in [7, 11) is 0. The van der Waals surface area contributed by atoms with Crippen LogP contribution in [0.3, 0.4) is 0 Å². The maximum Gasteiger partial charge on any atom is 0.330 e. The van der Waals surface area contributed by atoms with Gasteiger partial charge in [0.15, 0.2) is 0 Å². The number of carbonyl (C=O) groups excluding carboxylic acids is 1. The van der Waals surface area contributed by atoms with Crippen LogP contribution in [0.1, 0.15) is 26.3 Å². The van der Waals surface area contributed by atoms with E-state index in [0.717, 1.165) is 13.0 Å². The number of aromatic amines is 1. The molecule has 6 nitrogen and oxygen atoms in total. The van der Waals surface area contributed by atoms with Crippen molar-refractivity contribution in [2.75, 3.05) is 6.54 Å². The molecule has 21 heavy (non-hydrogen) atoms. The zero-order chi connectivity index (χ0) is 15.9. The number of amides is 1. The molecule has 2 aromatic rings. The molecule has 0 saturated carbocycles. The number of carbonyl (C=O) groups is 1. The Labute approximate surface area is 138 Å². The summed E-state index contributed by atoms with van der Waals surface area (Å²) in [5, 5.41) is 3.13. The summed E-state index contributed by atoms with van der Waals surface area (Å²) in [6.45, 7) is 7.19. The maximum atomic E-state index is 12.7. The molecule has 2 aromatic heterocycles. The van der Waals surface area contributed by atoms with Crippen LogP contribution in [0.2, 0.25) is 0 Å². The number of halogens is 1. The van der Waals surface area contributed by atoms with Crippen LogP contribution in [-0.2, 0) is 10.3 Å². The molecular formula is C13H16IN3O3S. The van der Waals surface area contributed by atoms with E-state index in [9.17, 15) is 14.4 Å². The topological polar surface area (TPSA) is 84.0 Å². The van der Waals surface area contributed by atoms with Crippen molar-refractivity contribution >= 4 is 50.1 Å². The van der Waals surface area contributed by atoms with Gasteiger partial charge in [0, 0.05) is 6.54 Å². The standard InChI is InChI=1S/C13H16IN3O3S/c1-5-15-11(19)13(3,4)17-10(18)7-6(2)8(14)21-9(7)16-12(17)20/h5H2,1-4H3,(H,15,19)(H,16,20). The third-order valence-corrected chi connectivity index (χ3v) is 5.85. The third-order valence-electron chi connectivity index (χ3n) is 3.38. The summed E-state index contributed by atoms with van der Waals surface area (Å²) in [4.78, 5) is 40.4. The summed E-state index contributed by atoms with van der Waals surface area (Å²) >= 11 is 3.50. The quantitative estimate of drug-likeness (QED) is 0.738. The van der Waals surface area contributed by atoms with Crippen molar-refractivity contribution < 1.29 is 4.79 Å². The molecule has 0 saturated heterocycles. The zero-order valence-corrected chi connectivity index (χ0v) is 15.1. The SMILES string of the molecule is CCNC(=O)C(C)(C)n1c(=O)[nH]c2sc(I)c(C)c2c1=O. The first kappa shape index (κ1) is 16.2. The van der Waals surface area contributed by atoms with Crippen LogP contribution >= 0.6 is 33.9 Å². The predicted molar refractivity (Wildman–Crippen MR) is 92.2 cm³/mol. The monoisotopic (exact) mass is 421 g/mol. The minimum Gasteiger partial charge on any atom is -0.354 e. The van der Waals surface area contributed by atoms with Gasteiger partial charge in [0.2, 0.25) is 5.91 Å². The molecule has 2 rings (SSSR count). The van der Waals surface area contributed by atoms with Gasteiger partial charge in [-0.2, -0.15) is 0 Å². The van der Waals surface area contributed by atoms with E-state index < -0.39 is 16.8 Å². The summed E-state index contributed by atoms with van der Waals surface area (Å²) in [5.41, 5.74) is -1.42. The van der Waals surface area contributed by atoms with Crippen LogP contribution in [0, 0.1) is 9.81 Å². The molecule has 1 amide bonds.